The molecule has 0 saturated heterocycles. The lowest BCUT2D eigenvalue weighted by molar-refractivity contribution is 0.0827. The van der Waals surface area contributed by atoms with E-state index in [0.717, 1.165) is 16.7 Å². The molecule has 2 atom stereocenters. The summed E-state index contributed by atoms with van der Waals surface area (Å²) in [4.78, 5) is 12.6. The van der Waals surface area contributed by atoms with E-state index >= 15 is 0 Å². The van der Waals surface area contributed by atoms with E-state index in [9.17, 15) is 9.90 Å². The maximum Gasteiger partial charge on any atom is 0.287 e. The monoisotopic (exact) mass is 335 g/mol. The van der Waals surface area contributed by atoms with Crippen LogP contribution in [0.2, 0.25) is 0 Å². The molecule has 1 aromatic heterocycles. The largest absolute Gasteiger partial charge is 0.459 e. The Bertz CT molecular complexity index is 811. The van der Waals surface area contributed by atoms with Crippen molar-refractivity contribution in [1.82, 2.24) is 5.32 Å². The van der Waals surface area contributed by atoms with Crippen LogP contribution in [0.1, 0.15) is 23.0 Å². The van der Waals surface area contributed by atoms with Gasteiger partial charge in [0.05, 0.1) is 18.4 Å². The Morgan fingerprint density at radius 1 is 1.04 bits per heavy atom. The summed E-state index contributed by atoms with van der Waals surface area (Å²) in [5.41, 5.74) is 2.68. The molecule has 1 amide bonds. The average Bonchev–Trinajstić information content (AvgIpc) is 3.13. The number of carbonyl (C=O) groups is 1. The molecule has 3 rings (SSSR count). The minimum Gasteiger partial charge on any atom is -0.459 e. The lowest BCUT2D eigenvalue weighted by Gasteiger charge is -2.20. The van der Waals surface area contributed by atoms with E-state index in [2.05, 4.69) is 5.32 Å². The molecule has 0 aliphatic carbocycles. The normalized spacial score (nSPS) is 13.2. The summed E-state index contributed by atoms with van der Waals surface area (Å²) < 4.78 is 5.39. The van der Waals surface area contributed by atoms with Gasteiger partial charge >= 0.3 is 0 Å². The first-order valence-corrected chi connectivity index (χ1v) is 8.31. The van der Waals surface area contributed by atoms with Crippen LogP contribution in [0, 0.1) is 0 Å². The van der Waals surface area contributed by atoms with Crippen LogP contribution in [-0.4, -0.2) is 23.2 Å². The molecule has 0 aliphatic heterocycles. The van der Waals surface area contributed by atoms with Gasteiger partial charge in [0.25, 0.3) is 5.91 Å². The molecule has 2 unspecified atom stereocenters. The number of furan rings is 1. The van der Waals surface area contributed by atoms with Crippen molar-refractivity contribution in [2.75, 3.05) is 0 Å². The molecule has 4 heteroatoms. The maximum absolute atomic E-state index is 12.6. The van der Waals surface area contributed by atoms with Gasteiger partial charge in [0.15, 0.2) is 5.76 Å². The predicted octanol–water partition coefficient (Wildman–Crippen LogP) is 3.67. The SMILES string of the molecule is CC(NC(=O)c1occc1-c1ccccc1)C(O)Cc1ccccc1. The fourth-order valence-corrected chi connectivity index (χ4v) is 2.73. The van der Waals surface area contributed by atoms with Crippen molar-refractivity contribution in [3.63, 3.8) is 0 Å². The minimum absolute atomic E-state index is 0.255. The Morgan fingerprint density at radius 3 is 2.36 bits per heavy atom. The molecular formula is C21H21NO3. The molecule has 4 nitrogen and oxygen atoms in total. The summed E-state index contributed by atoms with van der Waals surface area (Å²) in [5, 5.41) is 13.2. The topological polar surface area (TPSA) is 62.5 Å². The van der Waals surface area contributed by atoms with Crippen molar-refractivity contribution >= 4 is 5.91 Å². The first-order chi connectivity index (χ1) is 12.1. The zero-order chi connectivity index (χ0) is 17.6. The van der Waals surface area contributed by atoms with Crippen LogP contribution in [0.15, 0.2) is 77.4 Å². The van der Waals surface area contributed by atoms with Crippen LogP contribution in [0.3, 0.4) is 0 Å². The molecular weight excluding hydrogens is 314 g/mol. The third kappa shape index (κ3) is 4.17. The van der Waals surface area contributed by atoms with E-state index in [0.29, 0.717) is 6.42 Å². The molecule has 0 bridgehead atoms. The van der Waals surface area contributed by atoms with Crippen molar-refractivity contribution in [3.05, 3.63) is 84.3 Å². The smallest absolute Gasteiger partial charge is 0.287 e. The number of nitrogens with one attached hydrogen (secondary N) is 1. The van der Waals surface area contributed by atoms with E-state index in [4.69, 9.17) is 4.42 Å². The number of rotatable bonds is 6. The summed E-state index contributed by atoms with van der Waals surface area (Å²) in [6.45, 7) is 1.79. The molecule has 0 saturated carbocycles. The fourth-order valence-electron chi connectivity index (χ4n) is 2.73. The molecule has 25 heavy (non-hydrogen) atoms. The second-order valence-electron chi connectivity index (χ2n) is 6.05. The molecule has 128 valence electrons. The predicted molar refractivity (Wildman–Crippen MR) is 97.2 cm³/mol. The third-order valence-corrected chi connectivity index (χ3v) is 4.18. The van der Waals surface area contributed by atoms with Gasteiger partial charge in [0.2, 0.25) is 0 Å². The van der Waals surface area contributed by atoms with Gasteiger partial charge in [0, 0.05) is 12.0 Å². The number of aliphatic hydroxyl groups is 1. The first-order valence-electron chi connectivity index (χ1n) is 8.31. The number of hydrogen-bond donors (Lipinski definition) is 2. The van der Waals surface area contributed by atoms with Gasteiger partial charge in [-0.1, -0.05) is 60.7 Å². The molecule has 3 aromatic rings. The highest BCUT2D eigenvalue weighted by Crippen LogP contribution is 2.24. The number of aliphatic hydroxyl groups excluding tert-OH is 1. The van der Waals surface area contributed by atoms with Crippen molar-refractivity contribution < 1.29 is 14.3 Å². The van der Waals surface area contributed by atoms with Gasteiger partial charge in [-0.15, -0.1) is 0 Å². The lowest BCUT2D eigenvalue weighted by atomic mass is 10.0. The number of carbonyl (C=O) groups excluding carboxylic acids is 1. The van der Waals surface area contributed by atoms with E-state index in [1.807, 2.05) is 60.7 Å². The molecule has 0 aliphatic rings. The zero-order valence-corrected chi connectivity index (χ0v) is 14.1. The fraction of sp³-hybridized carbons (Fsp3) is 0.190. The van der Waals surface area contributed by atoms with E-state index < -0.39 is 12.1 Å². The van der Waals surface area contributed by atoms with Gasteiger partial charge in [-0.25, -0.2) is 0 Å². The van der Waals surface area contributed by atoms with Crippen LogP contribution >= 0.6 is 0 Å². The van der Waals surface area contributed by atoms with Crippen molar-refractivity contribution in [3.8, 4) is 11.1 Å². The van der Waals surface area contributed by atoms with Gasteiger partial charge in [0.1, 0.15) is 0 Å². The van der Waals surface area contributed by atoms with Gasteiger partial charge < -0.3 is 14.8 Å². The van der Waals surface area contributed by atoms with Crippen LogP contribution < -0.4 is 5.32 Å². The summed E-state index contributed by atoms with van der Waals surface area (Å²) in [7, 11) is 0. The molecule has 0 spiro atoms. The second kappa shape index (κ2) is 7.81. The number of hydrogen-bond acceptors (Lipinski definition) is 3. The molecule has 1 heterocycles. The summed E-state index contributed by atoms with van der Waals surface area (Å²) in [5.74, 6) is -0.0755. The Balaban J connectivity index is 1.67. The van der Waals surface area contributed by atoms with Crippen molar-refractivity contribution in [2.24, 2.45) is 0 Å². The van der Waals surface area contributed by atoms with E-state index in [-0.39, 0.29) is 11.7 Å². The number of amides is 1. The van der Waals surface area contributed by atoms with E-state index in [1.165, 1.54) is 6.26 Å². The highest BCUT2D eigenvalue weighted by Gasteiger charge is 2.22. The van der Waals surface area contributed by atoms with Gasteiger partial charge in [-0.05, 0) is 24.1 Å². The second-order valence-corrected chi connectivity index (χ2v) is 6.05. The minimum atomic E-state index is -0.679. The Labute approximate surface area is 147 Å². The standard InChI is InChI=1S/C21H21NO3/c1-15(19(23)14-16-8-4-2-5-9-16)22-21(24)20-18(12-13-25-20)17-10-6-3-7-11-17/h2-13,15,19,23H,14H2,1H3,(H,22,24). The van der Waals surface area contributed by atoms with Crippen molar-refractivity contribution in [1.29, 1.82) is 0 Å². The lowest BCUT2D eigenvalue weighted by Crippen LogP contribution is -2.42. The third-order valence-electron chi connectivity index (χ3n) is 4.18. The van der Waals surface area contributed by atoms with Gasteiger partial charge in [-0.3, -0.25) is 4.79 Å². The van der Waals surface area contributed by atoms with Crippen LogP contribution in [0.4, 0.5) is 0 Å². The van der Waals surface area contributed by atoms with Crippen LogP contribution in [0.25, 0.3) is 11.1 Å². The molecule has 2 N–H and O–H groups in total. The van der Waals surface area contributed by atoms with Crippen LogP contribution in [-0.2, 0) is 6.42 Å². The zero-order valence-electron chi connectivity index (χ0n) is 14.1. The number of benzene rings is 2. The Hall–Kier alpha value is -2.85. The maximum atomic E-state index is 12.6. The van der Waals surface area contributed by atoms with Crippen LogP contribution in [0.5, 0.6) is 0 Å². The molecule has 2 aromatic carbocycles. The Kier molecular flexibility index (Phi) is 5.31. The van der Waals surface area contributed by atoms with Crippen molar-refractivity contribution in [2.45, 2.75) is 25.5 Å². The average molecular weight is 335 g/mol. The quantitative estimate of drug-likeness (QED) is 0.722. The summed E-state index contributed by atoms with van der Waals surface area (Å²) in [6.07, 6.45) is 1.30. The highest BCUT2D eigenvalue weighted by molar-refractivity contribution is 5.98. The summed E-state index contributed by atoms with van der Waals surface area (Å²) >= 11 is 0. The first kappa shape index (κ1) is 17.0. The highest BCUT2D eigenvalue weighted by atomic mass is 16.3. The van der Waals surface area contributed by atoms with E-state index in [1.54, 1.807) is 13.0 Å². The molecule has 0 radical (unpaired) electrons. The molecule has 0 fully saturated rings. The summed E-state index contributed by atoms with van der Waals surface area (Å²) in [6, 6.07) is 20.7. The van der Waals surface area contributed by atoms with Gasteiger partial charge in [-0.2, -0.15) is 0 Å². The Morgan fingerprint density at radius 2 is 1.68 bits per heavy atom.